The first-order valence-electron chi connectivity index (χ1n) is 7.54. The van der Waals surface area contributed by atoms with E-state index in [0.717, 1.165) is 12.8 Å². The first-order valence-corrected chi connectivity index (χ1v) is 10.9. The smallest absolute Gasteiger partial charge is 0.365 e. The standard InChI is InChI=1S/C14H13Cl2N5O4S2/c1-26-14-18-11(7-2-3-7)17-12(20-14)19-13(22)21-27(23,24)25-10-5-4-8(15)6-9(10)16/h4-7H,2-3H2,1H3,(H2,17,18,19,20,21,22). The van der Waals surface area contributed by atoms with Gasteiger partial charge < -0.3 is 4.18 Å². The van der Waals surface area contributed by atoms with Crippen molar-refractivity contribution >= 4 is 57.2 Å². The van der Waals surface area contributed by atoms with Gasteiger partial charge in [0.15, 0.2) is 10.9 Å². The molecule has 2 amide bonds. The number of thioether (sulfide) groups is 1. The second kappa shape index (κ2) is 8.05. The van der Waals surface area contributed by atoms with Gasteiger partial charge >= 0.3 is 16.3 Å². The van der Waals surface area contributed by atoms with Crippen LogP contribution in [0.15, 0.2) is 23.4 Å². The van der Waals surface area contributed by atoms with Gasteiger partial charge in [0.1, 0.15) is 5.82 Å². The Morgan fingerprint density at radius 3 is 2.63 bits per heavy atom. The Balaban J connectivity index is 1.68. The maximum Gasteiger partial charge on any atom is 0.411 e. The number of rotatable bonds is 6. The van der Waals surface area contributed by atoms with E-state index in [9.17, 15) is 13.2 Å². The fourth-order valence-electron chi connectivity index (χ4n) is 1.97. The van der Waals surface area contributed by atoms with Gasteiger partial charge in [-0.25, -0.2) is 14.5 Å². The van der Waals surface area contributed by atoms with Crippen LogP contribution < -0.4 is 14.2 Å². The molecule has 0 atom stereocenters. The van der Waals surface area contributed by atoms with Crippen LogP contribution >= 0.6 is 35.0 Å². The van der Waals surface area contributed by atoms with Crippen LogP contribution in [0.25, 0.3) is 0 Å². The maximum atomic E-state index is 12.0. The fourth-order valence-corrected chi connectivity index (χ4v) is 3.52. The molecular formula is C14H13Cl2N5O4S2. The maximum absolute atomic E-state index is 12.0. The van der Waals surface area contributed by atoms with Crippen molar-refractivity contribution in [2.24, 2.45) is 0 Å². The third-order valence-corrected chi connectivity index (χ3v) is 5.21. The van der Waals surface area contributed by atoms with Gasteiger partial charge in [0.25, 0.3) is 0 Å². The second-order valence-corrected chi connectivity index (χ2v) is 8.34. The van der Waals surface area contributed by atoms with Gasteiger partial charge in [-0.05, 0) is 37.3 Å². The van der Waals surface area contributed by atoms with E-state index in [4.69, 9.17) is 27.4 Å². The monoisotopic (exact) mass is 449 g/mol. The molecule has 0 radical (unpaired) electrons. The van der Waals surface area contributed by atoms with Crippen molar-refractivity contribution in [1.29, 1.82) is 0 Å². The minimum atomic E-state index is -4.49. The van der Waals surface area contributed by atoms with Crippen LogP contribution in [-0.4, -0.2) is 35.7 Å². The lowest BCUT2D eigenvalue weighted by molar-refractivity contribution is 0.255. The summed E-state index contributed by atoms with van der Waals surface area (Å²) in [4.78, 5) is 24.5. The van der Waals surface area contributed by atoms with Gasteiger partial charge in [0.2, 0.25) is 5.95 Å². The predicted octanol–water partition coefficient (Wildman–Crippen LogP) is 3.22. The highest BCUT2D eigenvalue weighted by Gasteiger charge is 2.28. The summed E-state index contributed by atoms with van der Waals surface area (Å²) in [5.41, 5.74) is 0. The van der Waals surface area contributed by atoms with E-state index in [1.165, 1.54) is 30.0 Å². The molecule has 0 bridgehead atoms. The summed E-state index contributed by atoms with van der Waals surface area (Å²) < 4.78 is 30.5. The van der Waals surface area contributed by atoms with E-state index in [-0.39, 0.29) is 22.6 Å². The van der Waals surface area contributed by atoms with Crippen LogP contribution in [0.3, 0.4) is 0 Å². The van der Waals surface area contributed by atoms with Gasteiger partial charge in [0, 0.05) is 10.9 Å². The topological polar surface area (TPSA) is 123 Å². The lowest BCUT2D eigenvalue weighted by Gasteiger charge is -2.10. The van der Waals surface area contributed by atoms with Gasteiger partial charge in [-0.2, -0.15) is 18.4 Å². The number of hydrogen-bond acceptors (Lipinski definition) is 8. The Kier molecular flexibility index (Phi) is 5.94. The molecule has 2 N–H and O–H groups in total. The Morgan fingerprint density at radius 2 is 2.00 bits per heavy atom. The molecular weight excluding hydrogens is 437 g/mol. The summed E-state index contributed by atoms with van der Waals surface area (Å²) in [6.45, 7) is 0. The number of carbonyl (C=O) groups is 1. The highest BCUT2D eigenvalue weighted by atomic mass is 35.5. The molecule has 0 aliphatic heterocycles. The van der Waals surface area contributed by atoms with Crippen LogP contribution in [0, 0.1) is 0 Å². The van der Waals surface area contributed by atoms with E-state index in [1.54, 1.807) is 11.0 Å². The molecule has 1 aromatic heterocycles. The number of hydrogen-bond donors (Lipinski definition) is 2. The average Bonchev–Trinajstić information content (AvgIpc) is 3.41. The van der Waals surface area contributed by atoms with Crippen molar-refractivity contribution in [3.63, 3.8) is 0 Å². The van der Waals surface area contributed by atoms with Gasteiger partial charge in [0.05, 0.1) is 5.02 Å². The van der Waals surface area contributed by atoms with Crippen molar-refractivity contribution in [2.75, 3.05) is 11.6 Å². The lowest BCUT2D eigenvalue weighted by Crippen LogP contribution is -2.37. The number of nitrogens with zero attached hydrogens (tertiary/aromatic N) is 3. The van der Waals surface area contributed by atoms with E-state index in [2.05, 4.69) is 20.3 Å². The molecule has 1 fully saturated rings. The lowest BCUT2D eigenvalue weighted by atomic mass is 10.3. The molecule has 0 unspecified atom stereocenters. The summed E-state index contributed by atoms with van der Waals surface area (Å²) in [5, 5.41) is 2.97. The number of nitrogens with one attached hydrogen (secondary N) is 2. The Bertz CT molecular complexity index is 985. The first-order chi connectivity index (χ1) is 12.8. The molecule has 0 spiro atoms. The summed E-state index contributed by atoms with van der Waals surface area (Å²) >= 11 is 12.9. The molecule has 0 saturated heterocycles. The Hall–Kier alpha value is -1.82. The van der Waals surface area contributed by atoms with Gasteiger partial charge in [-0.15, -0.1) is 0 Å². The van der Waals surface area contributed by atoms with Crippen LogP contribution in [0.1, 0.15) is 24.6 Å². The Morgan fingerprint density at radius 1 is 1.26 bits per heavy atom. The summed E-state index contributed by atoms with van der Waals surface area (Å²) in [5.74, 6) is 0.578. The summed E-state index contributed by atoms with van der Waals surface area (Å²) in [7, 11) is -4.49. The molecule has 27 heavy (non-hydrogen) atoms. The molecule has 2 aromatic rings. The third-order valence-electron chi connectivity index (χ3n) is 3.29. The number of carbonyl (C=O) groups excluding carboxylic acids is 1. The molecule has 1 aromatic carbocycles. The second-order valence-electron chi connectivity index (χ2n) is 5.45. The molecule has 1 aliphatic rings. The zero-order chi connectivity index (χ0) is 19.6. The molecule has 144 valence electrons. The molecule has 3 rings (SSSR count). The predicted molar refractivity (Wildman–Crippen MR) is 102 cm³/mol. The van der Waals surface area contributed by atoms with Crippen molar-refractivity contribution in [2.45, 2.75) is 23.9 Å². The van der Waals surface area contributed by atoms with E-state index in [0.29, 0.717) is 16.0 Å². The molecule has 13 heteroatoms. The number of anilines is 1. The van der Waals surface area contributed by atoms with Crippen LogP contribution in [-0.2, 0) is 10.3 Å². The minimum absolute atomic E-state index is 0.0237. The van der Waals surface area contributed by atoms with E-state index < -0.39 is 16.3 Å². The van der Waals surface area contributed by atoms with Crippen LogP contribution in [0.4, 0.5) is 10.7 Å². The minimum Gasteiger partial charge on any atom is -0.365 e. The van der Waals surface area contributed by atoms with Crippen molar-refractivity contribution in [3.05, 3.63) is 34.1 Å². The highest BCUT2D eigenvalue weighted by molar-refractivity contribution is 7.98. The number of urea groups is 1. The Labute approximate surface area is 169 Å². The molecule has 9 nitrogen and oxygen atoms in total. The number of aromatic nitrogens is 3. The number of halogens is 2. The fraction of sp³-hybridized carbons (Fsp3) is 0.286. The largest absolute Gasteiger partial charge is 0.411 e. The van der Waals surface area contributed by atoms with E-state index >= 15 is 0 Å². The molecule has 1 heterocycles. The normalized spacial score (nSPS) is 13.9. The quantitative estimate of drug-likeness (QED) is 0.643. The molecule has 1 saturated carbocycles. The van der Waals surface area contributed by atoms with Gasteiger partial charge in [-0.1, -0.05) is 35.0 Å². The summed E-state index contributed by atoms with van der Waals surface area (Å²) in [6.07, 6.45) is 3.71. The highest BCUT2D eigenvalue weighted by Crippen LogP contribution is 2.38. The zero-order valence-electron chi connectivity index (χ0n) is 13.8. The number of amides is 2. The van der Waals surface area contributed by atoms with Crippen LogP contribution in [0.2, 0.25) is 10.0 Å². The van der Waals surface area contributed by atoms with E-state index in [1.807, 2.05) is 0 Å². The zero-order valence-corrected chi connectivity index (χ0v) is 16.9. The van der Waals surface area contributed by atoms with Crippen molar-refractivity contribution in [3.8, 4) is 5.75 Å². The summed E-state index contributed by atoms with van der Waals surface area (Å²) in [6, 6.07) is 2.88. The first kappa shape index (κ1) is 19.9. The number of benzene rings is 1. The van der Waals surface area contributed by atoms with Crippen molar-refractivity contribution in [1.82, 2.24) is 19.7 Å². The SMILES string of the molecule is CSc1nc(NC(=O)NS(=O)(=O)Oc2ccc(Cl)cc2Cl)nc(C2CC2)n1. The third kappa shape index (κ3) is 5.58. The van der Waals surface area contributed by atoms with Crippen LogP contribution in [0.5, 0.6) is 5.75 Å². The average molecular weight is 450 g/mol. The van der Waals surface area contributed by atoms with Gasteiger partial charge in [-0.3, -0.25) is 5.32 Å². The van der Waals surface area contributed by atoms with Crippen molar-refractivity contribution < 1.29 is 17.4 Å². The molecule has 1 aliphatic carbocycles.